The molecule has 0 radical (unpaired) electrons. The summed E-state index contributed by atoms with van der Waals surface area (Å²) in [5.41, 5.74) is 2.02. The van der Waals surface area contributed by atoms with Gasteiger partial charge in [-0.1, -0.05) is 18.2 Å². The van der Waals surface area contributed by atoms with E-state index >= 15 is 0 Å². The molecule has 4 heteroatoms. The van der Waals surface area contributed by atoms with Gasteiger partial charge < -0.3 is 4.98 Å². The van der Waals surface area contributed by atoms with Crippen molar-refractivity contribution in [2.45, 2.75) is 6.92 Å². The summed E-state index contributed by atoms with van der Waals surface area (Å²) in [5.74, 6) is 0. The van der Waals surface area contributed by atoms with E-state index in [-0.39, 0.29) is 5.69 Å². The molecule has 1 aromatic heterocycles. The van der Waals surface area contributed by atoms with Crippen LogP contribution < -0.4 is 5.69 Å². The lowest BCUT2D eigenvalue weighted by Crippen LogP contribution is -2.13. The number of imidazole rings is 1. The summed E-state index contributed by atoms with van der Waals surface area (Å²) < 4.78 is 1.52. The van der Waals surface area contributed by atoms with Crippen molar-refractivity contribution in [1.82, 2.24) is 9.55 Å². The van der Waals surface area contributed by atoms with Crippen molar-refractivity contribution < 1.29 is 0 Å². The Bertz CT molecular complexity index is 565. The summed E-state index contributed by atoms with van der Waals surface area (Å²) in [4.78, 5) is 14.2. The van der Waals surface area contributed by atoms with Crippen LogP contribution in [0, 0.1) is 0 Å². The van der Waals surface area contributed by atoms with Crippen LogP contribution in [-0.4, -0.2) is 9.55 Å². The van der Waals surface area contributed by atoms with Gasteiger partial charge in [0.25, 0.3) is 0 Å². The van der Waals surface area contributed by atoms with Crippen LogP contribution in [0.25, 0.3) is 16.7 Å². The van der Waals surface area contributed by atoms with Crippen molar-refractivity contribution in [3.05, 3.63) is 40.3 Å². The zero-order valence-electron chi connectivity index (χ0n) is 7.67. The molecule has 1 aromatic carbocycles. The van der Waals surface area contributed by atoms with Gasteiger partial charge in [-0.2, -0.15) is 0 Å². The third-order valence-electron chi connectivity index (χ3n) is 2.03. The van der Waals surface area contributed by atoms with Crippen molar-refractivity contribution in [2.24, 2.45) is 0 Å². The Morgan fingerprint density at radius 3 is 2.93 bits per heavy atom. The number of hydrogen-bond acceptors (Lipinski definition) is 1. The second kappa shape index (κ2) is 3.03. The molecule has 0 saturated heterocycles. The average molecular weight is 209 g/mol. The average Bonchev–Trinajstić information content (AvgIpc) is 2.39. The number of fused-ring (bicyclic) bond motifs is 1. The summed E-state index contributed by atoms with van der Waals surface area (Å²) in [7, 11) is 0. The number of nitrogens with zero attached hydrogens (tertiary/aromatic N) is 1. The van der Waals surface area contributed by atoms with Crippen LogP contribution in [0.1, 0.15) is 6.92 Å². The van der Waals surface area contributed by atoms with E-state index in [9.17, 15) is 4.79 Å². The fourth-order valence-corrected chi connectivity index (χ4v) is 1.63. The van der Waals surface area contributed by atoms with E-state index in [0.29, 0.717) is 10.7 Å². The Labute approximate surface area is 85.6 Å². The predicted octanol–water partition coefficient (Wildman–Crippen LogP) is 2.47. The molecular formula is C10H9ClN2O. The Morgan fingerprint density at radius 1 is 1.57 bits per heavy atom. The lowest BCUT2D eigenvalue weighted by Gasteiger charge is -1.99. The second-order valence-electron chi connectivity index (χ2n) is 3.16. The van der Waals surface area contributed by atoms with E-state index < -0.39 is 0 Å². The van der Waals surface area contributed by atoms with Crippen molar-refractivity contribution in [2.75, 3.05) is 0 Å². The summed E-state index contributed by atoms with van der Waals surface area (Å²) >= 11 is 5.81. The molecule has 1 heterocycles. The predicted molar refractivity (Wildman–Crippen MR) is 58.6 cm³/mol. The molecule has 0 aliphatic heterocycles. The molecule has 0 fully saturated rings. The van der Waals surface area contributed by atoms with E-state index in [2.05, 4.69) is 11.6 Å². The van der Waals surface area contributed by atoms with Gasteiger partial charge in [0.15, 0.2) is 0 Å². The Morgan fingerprint density at radius 2 is 2.29 bits per heavy atom. The first-order valence-electron chi connectivity index (χ1n) is 4.16. The van der Waals surface area contributed by atoms with Gasteiger partial charge in [-0.25, -0.2) is 4.79 Å². The van der Waals surface area contributed by atoms with Gasteiger partial charge in [-0.05, 0) is 25.1 Å². The Hall–Kier alpha value is -1.48. The smallest absolute Gasteiger partial charge is 0.305 e. The monoisotopic (exact) mass is 208 g/mol. The van der Waals surface area contributed by atoms with Crippen LogP contribution in [0.15, 0.2) is 29.6 Å². The maximum atomic E-state index is 11.5. The molecule has 0 aliphatic carbocycles. The lowest BCUT2D eigenvalue weighted by atomic mass is 10.3. The first kappa shape index (κ1) is 9.09. The van der Waals surface area contributed by atoms with Crippen LogP contribution in [0.5, 0.6) is 0 Å². The summed E-state index contributed by atoms with van der Waals surface area (Å²) in [5, 5.41) is 0.604. The van der Waals surface area contributed by atoms with Gasteiger partial charge in [-0.3, -0.25) is 4.57 Å². The van der Waals surface area contributed by atoms with Gasteiger partial charge >= 0.3 is 5.69 Å². The molecule has 0 spiro atoms. The highest BCUT2D eigenvalue weighted by atomic mass is 35.5. The molecule has 0 aliphatic rings. The normalized spacial score (nSPS) is 10.7. The highest BCUT2D eigenvalue weighted by Crippen LogP contribution is 2.17. The minimum atomic E-state index is -0.185. The topological polar surface area (TPSA) is 37.8 Å². The number of benzene rings is 1. The molecule has 2 aromatic rings. The maximum Gasteiger partial charge on any atom is 0.330 e. The molecule has 0 atom stereocenters. The van der Waals surface area contributed by atoms with E-state index in [0.717, 1.165) is 11.0 Å². The molecule has 72 valence electrons. The zero-order chi connectivity index (χ0) is 10.3. The first-order chi connectivity index (χ1) is 6.59. The largest absolute Gasteiger partial charge is 0.330 e. The van der Waals surface area contributed by atoms with Crippen LogP contribution >= 0.6 is 11.6 Å². The van der Waals surface area contributed by atoms with E-state index in [1.54, 1.807) is 25.1 Å². The molecule has 0 saturated carbocycles. The van der Waals surface area contributed by atoms with Crippen molar-refractivity contribution in [3.63, 3.8) is 0 Å². The highest BCUT2D eigenvalue weighted by molar-refractivity contribution is 6.31. The van der Waals surface area contributed by atoms with Gasteiger partial charge in [0.2, 0.25) is 0 Å². The molecule has 3 nitrogen and oxygen atoms in total. The van der Waals surface area contributed by atoms with Crippen molar-refractivity contribution in [1.29, 1.82) is 0 Å². The van der Waals surface area contributed by atoms with Crippen molar-refractivity contribution >= 4 is 28.3 Å². The van der Waals surface area contributed by atoms with Gasteiger partial charge in [0, 0.05) is 10.7 Å². The fourth-order valence-electron chi connectivity index (χ4n) is 1.46. The number of rotatable bonds is 1. The SMILES string of the molecule is C=C(C)n1c(=O)[nH]c2cc(Cl)ccc21. The molecule has 2 rings (SSSR count). The summed E-state index contributed by atoms with van der Waals surface area (Å²) in [6.45, 7) is 5.52. The minimum absolute atomic E-state index is 0.185. The van der Waals surface area contributed by atoms with Gasteiger partial charge in [-0.15, -0.1) is 0 Å². The zero-order valence-corrected chi connectivity index (χ0v) is 8.43. The number of allylic oxidation sites excluding steroid dienone is 1. The molecular weight excluding hydrogens is 200 g/mol. The van der Waals surface area contributed by atoms with Gasteiger partial charge in [0.05, 0.1) is 11.0 Å². The second-order valence-corrected chi connectivity index (χ2v) is 3.60. The number of H-pyrrole nitrogens is 1. The van der Waals surface area contributed by atoms with Crippen LogP contribution in [-0.2, 0) is 0 Å². The van der Waals surface area contributed by atoms with E-state index in [1.807, 2.05) is 0 Å². The highest BCUT2D eigenvalue weighted by Gasteiger charge is 2.06. The molecule has 0 amide bonds. The van der Waals surface area contributed by atoms with E-state index in [4.69, 9.17) is 11.6 Å². The van der Waals surface area contributed by atoms with Crippen LogP contribution in [0.3, 0.4) is 0 Å². The molecule has 1 N–H and O–H groups in total. The number of aromatic nitrogens is 2. The molecule has 14 heavy (non-hydrogen) atoms. The van der Waals surface area contributed by atoms with Crippen molar-refractivity contribution in [3.8, 4) is 0 Å². The molecule has 0 unspecified atom stereocenters. The quantitative estimate of drug-likeness (QED) is 0.768. The number of aromatic amines is 1. The Kier molecular flexibility index (Phi) is 1.97. The summed E-state index contributed by atoms with van der Waals surface area (Å²) in [6, 6.07) is 5.26. The first-order valence-corrected chi connectivity index (χ1v) is 4.53. The van der Waals surface area contributed by atoms with E-state index in [1.165, 1.54) is 4.57 Å². The summed E-state index contributed by atoms with van der Waals surface area (Å²) in [6.07, 6.45) is 0. The lowest BCUT2D eigenvalue weighted by molar-refractivity contribution is 1.04. The van der Waals surface area contributed by atoms with Gasteiger partial charge in [0.1, 0.15) is 0 Å². The number of halogens is 1. The van der Waals surface area contributed by atoms with Crippen LogP contribution in [0.4, 0.5) is 0 Å². The number of hydrogen-bond donors (Lipinski definition) is 1. The standard InChI is InChI=1S/C10H9ClN2O/c1-6(2)13-9-4-3-7(11)5-8(9)12-10(13)14/h3-5H,1H2,2H3,(H,12,14). The minimum Gasteiger partial charge on any atom is -0.305 e. The number of nitrogens with one attached hydrogen (secondary N) is 1. The Balaban J connectivity index is 2.91. The van der Waals surface area contributed by atoms with Crippen LogP contribution in [0.2, 0.25) is 5.02 Å². The molecule has 0 bridgehead atoms. The maximum absolute atomic E-state index is 11.5. The fraction of sp³-hybridized carbons (Fsp3) is 0.100. The third-order valence-corrected chi connectivity index (χ3v) is 2.26. The third kappa shape index (κ3) is 1.26.